The van der Waals surface area contributed by atoms with Crippen molar-refractivity contribution in [1.82, 2.24) is 5.32 Å². The summed E-state index contributed by atoms with van der Waals surface area (Å²) in [5.41, 5.74) is 0.857. The van der Waals surface area contributed by atoms with E-state index in [1.54, 1.807) is 54.6 Å². The number of carbonyl (C=O) groups is 3. The van der Waals surface area contributed by atoms with Gasteiger partial charge >= 0.3 is 5.97 Å². The molecule has 0 saturated heterocycles. The van der Waals surface area contributed by atoms with Crippen LogP contribution < -0.4 is 10.1 Å². The fraction of sp³-hybridized carbons (Fsp3) is 0.286. The van der Waals surface area contributed by atoms with Crippen molar-refractivity contribution in [3.8, 4) is 5.75 Å². The third-order valence-electron chi connectivity index (χ3n) is 3.85. The van der Waals surface area contributed by atoms with Gasteiger partial charge in [0.15, 0.2) is 6.10 Å². The molecule has 0 aliphatic carbocycles. The van der Waals surface area contributed by atoms with Gasteiger partial charge < -0.3 is 14.8 Å². The molecule has 0 unspecified atom stereocenters. The predicted octanol–water partition coefficient (Wildman–Crippen LogP) is 3.02. The number of carbonyl (C=O) groups excluding carboxylic acids is 3. The van der Waals surface area contributed by atoms with Crippen molar-refractivity contribution in [2.24, 2.45) is 0 Å². The van der Waals surface area contributed by atoms with Crippen LogP contribution in [0.25, 0.3) is 0 Å². The molecule has 2 rings (SSSR count). The van der Waals surface area contributed by atoms with Crippen molar-refractivity contribution in [2.75, 3.05) is 6.61 Å². The molecule has 0 fully saturated rings. The molecule has 1 N–H and O–H groups in total. The minimum absolute atomic E-state index is 0.326. The maximum absolute atomic E-state index is 12.4. The van der Waals surface area contributed by atoms with Gasteiger partial charge in [-0.25, -0.2) is 4.79 Å². The summed E-state index contributed by atoms with van der Waals surface area (Å²) >= 11 is 0. The normalized spacial score (nSPS) is 12.6. The lowest BCUT2D eigenvalue weighted by molar-refractivity contribution is -0.148. The second kappa shape index (κ2) is 9.52. The van der Waals surface area contributed by atoms with Crippen molar-refractivity contribution in [3.63, 3.8) is 0 Å². The molecule has 0 spiro atoms. The number of esters is 1. The highest BCUT2D eigenvalue weighted by molar-refractivity contribution is 6.01. The fourth-order valence-electron chi connectivity index (χ4n) is 2.38. The Kier molecular flexibility index (Phi) is 7.11. The Bertz CT molecular complexity index is 786. The van der Waals surface area contributed by atoms with Crippen molar-refractivity contribution >= 4 is 17.7 Å². The quantitative estimate of drug-likeness (QED) is 0.571. The molecule has 0 radical (unpaired) electrons. The summed E-state index contributed by atoms with van der Waals surface area (Å²) in [5.74, 6) is -0.722. The first-order valence-corrected chi connectivity index (χ1v) is 8.75. The first kappa shape index (κ1) is 20.2. The number of ether oxygens (including phenoxy) is 2. The van der Waals surface area contributed by atoms with E-state index in [4.69, 9.17) is 9.47 Å². The SMILES string of the molecule is CCOc1ccc(C(=O)[C@@H](C)OC(=O)[C@@H](C)NC(=O)c2ccccc2)cc1. The number of hydrogen-bond acceptors (Lipinski definition) is 5. The molecular weight excluding hydrogens is 346 g/mol. The maximum atomic E-state index is 12.4. The third kappa shape index (κ3) is 5.67. The lowest BCUT2D eigenvalue weighted by Crippen LogP contribution is -2.41. The summed E-state index contributed by atoms with van der Waals surface area (Å²) in [6.07, 6.45) is -0.966. The molecule has 0 saturated carbocycles. The van der Waals surface area contributed by atoms with Gasteiger partial charge in [0.1, 0.15) is 11.8 Å². The van der Waals surface area contributed by atoms with Gasteiger partial charge in [0.25, 0.3) is 5.91 Å². The van der Waals surface area contributed by atoms with Crippen LogP contribution in [0.2, 0.25) is 0 Å². The van der Waals surface area contributed by atoms with Gasteiger partial charge in [-0.3, -0.25) is 9.59 Å². The zero-order valence-electron chi connectivity index (χ0n) is 15.6. The van der Waals surface area contributed by atoms with Gasteiger partial charge in [0.05, 0.1) is 6.61 Å². The molecular formula is C21H23NO5. The second-order valence-corrected chi connectivity index (χ2v) is 5.96. The number of Topliss-reactive ketones (excluding diaryl/α,β-unsaturated/α-hetero) is 1. The summed E-state index contributed by atoms with van der Waals surface area (Å²) in [7, 11) is 0. The van der Waals surface area contributed by atoms with Crippen LogP contribution in [0.5, 0.6) is 5.75 Å². The van der Waals surface area contributed by atoms with E-state index in [1.165, 1.54) is 13.8 Å². The summed E-state index contributed by atoms with van der Waals surface area (Å²) in [4.78, 5) is 36.7. The van der Waals surface area contributed by atoms with Crippen LogP contribution in [0.1, 0.15) is 41.5 Å². The van der Waals surface area contributed by atoms with E-state index in [0.29, 0.717) is 23.5 Å². The molecule has 0 aromatic heterocycles. The van der Waals surface area contributed by atoms with E-state index in [-0.39, 0.29) is 11.7 Å². The average molecular weight is 369 g/mol. The Morgan fingerprint density at radius 1 is 0.926 bits per heavy atom. The molecule has 0 heterocycles. The van der Waals surface area contributed by atoms with E-state index in [1.807, 2.05) is 6.92 Å². The Balaban J connectivity index is 1.91. The molecule has 27 heavy (non-hydrogen) atoms. The Morgan fingerprint density at radius 3 is 2.15 bits per heavy atom. The van der Waals surface area contributed by atoms with Crippen LogP contribution in [0.15, 0.2) is 54.6 Å². The molecule has 2 atom stereocenters. The summed E-state index contributed by atoms with van der Waals surface area (Å²) < 4.78 is 10.5. The number of nitrogens with one attached hydrogen (secondary N) is 1. The van der Waals surface area contributed by atoms with Gasteiger partial charge in [0, 0.05) is 11.1 Å². The highest BCUT2D eigenvalue weighted by atomic mass is 16.5. The molecule has 2 aromatic carbocycles. The van der Waals surface area contributed by atoms with Gasteiger partial charge in [0.2, 0.25) is 5.78 Å². The van der Waals surface area contributed by atoms with Crippen LogP contribution >= 0.6 is 0 Å². The molecule has 0 aliphatic heterocycles. The highest BCUT2D eigenvalue weighted by Gasteiger charge is 2.24. The van der Waals surface area contributed by atoms with Gasteiger partial charge in [-0.05, 0) is 57.2 Å². The lowest BCUT2D eigenvalue weighted by Gasteiger charge is -2.17. The Hall–Kier alpha value is -3.15. The van der Waals surface area contributed by atoms with E-state index in [9.17, 15) is 14.4 Å². The van der Waals surface area contributed by atoms with Crippen molar-refractivity contribution in [3.05, 3.63) is 65.7 Å². The van der Waals surface area contributed by atoms with Crippen LogP contribution in [-0.4, -0.2) is 36.4 Å². The van der Waals surface area contributed by atoms with Crippen LogP contribution in [0, 0.1) is 0 Å². The minimum atomic E-state index is -0.966. The fourth-order valence-corrected chi connectivity index (χ4v) is 2.38. The minimum Gasteiger partial charge on any atom is -0.494 e. The summed E-state index contributed by atoms with van der Waals surface area (Å²) in [5, 5.41) is 2.56. The molecule has 1 amide bonds. The average Bonchev–Trinajstić information content (AvgIpc) is 2.68. The van der Waals surface area contributed by atoms with E-state index in [0.717, 1.165) is 0 Å². The number of rotatable bonds is 8. The van der Waals surface area contributed by atoms with Crippen molar-refractivity contribution < 1.29 is 23.9 Å². The Labute approximate surface area is 158 Å². The monoisotopic (exact) mass is 369 g/mol. The standard InChI is InChI=1S/C21H23NO5/c1-4-26-18-12-10-16(11-13-18)19(23)15(3)27-21(25)14(2)22-20(24)17-8-6-5-7-9-17/h5-15H,4H2,1-3H3,(H,22,24)/t14-,15-/m1/s1. The lowest BCUT2D eigenvalue weighted by atomic mass is 10.1. The largest absolute Gasteiger partial charge is 0.494 e. The first-order valence-electron chi connectivity index (χ1n) is 8.75. The highest BCUT2D eigenvalue weighted by Crippen LogP contribution is 2.14. The molecule has 6 nitrogen and oxygen atoms in total. The maximum Gasteiger partial charge on any atom is 0.329 e. The van der Waals surface area contributed by atoms with Crippen LogP contribution in [0.3, 0.4) is 0 Å². The number of amides is 1. The van der Waals surface area contributed by atoms with E-state index < -0.39 is 18.1 Å². The molecule has 6 heteroatoms. The van der Waals surface area contributed by atoms with Crippen LogP contribution in [0.4, 0.5) is 0 Å². The topological polar surface area (TPSA) is 81.7 Å². The Morgan fingerprint density at radius 2 is 1.56 bits per heavy atom. The van der Waals surface area contributed by atoms with Crippen LogP contribution in [-0.2, 0) is 9.53 Å². The molecule has 2 aromatic rings. The summed E-state index contributed by atoms with van der Waals surface area (Å²) in [6.45, 7) is 5.42. The van der Waals surface area contributed by atoms with Gasteiger partial charge in [-0.2, -0.15) is 0 Å². The molecule has 0 bridgehead atoms. The van der Waals surface area contributed by atoms with Gasteiger partial charge in [-0.15, -0.1) is 0 Å². The van der Waals surface area contributed by atoms with E-state index >= 15 is 0 Å². The van der Waals surface area contributed by atoms with Crippen molar-refractivity contribution in [1.29, 1.82) is 0 Å². The summed E-state index contributed by atoms with van der Waals surface area (Å²) in [6, 6.07) is 14.3. The third-order valence-corrected chi connectivity index (χ3v) is 3.85. The predicted molar refractivity (Wildman–Crippen MR) is 101 cm³/mol. The molecule has 142 valence electrons. The van der Waals surface area contributed by atoms with Gasteiger partial charge in [-0.1, -0.05) is 18.2 Å². The number of ketones is 1. The molecule has 0 aliphatic rings. The zero-order chi connectivity index (χ0) is 19.8. The zero-order valence-corrected chi connectivity index (χ0v) is 15.6. The smallest absolute Gasteiger partial charge is 0.329 e. The number of hydrogen-bond donors (Lipinski definition) is 1. The number of benzene rings is 2. The first-order chi connectivity index (χ1) is 12.9. The van der Waals surface area contributed by atoms with Crippen molar-refractivity contribution in [2.45, 2.75) is 32.9 Å². The van der Waals surface area contributed by atoms with E-state index in [2.05, 4.69) is 5.32 Å². The second-order valence-electron chi connectivity index (χ2n) is 5.96.